The van der Waals surface area contributed by atoms with E-state index in [1.807, 2.05) is 47.9 Å². The highest BCUT2D eigenvalue weighted by Crippen LogP contribution is 2.31. The standard InChI is InChI=1S/C16H15ClN4OS2/c1-10(11-4-7-21-12(8-11)9-18-24-21)16(22)20-6-5-13(19-20)14-2-3-15(17)23-14/h2-4,7-10,18H,5-6H2,1H3. The van der Waals surface area contributed by atoms with Gasteiger partial charge in [0.25, 0.3) is 0 Å². The maximum absolute atomic E-state index is 12.8. The minimum atomic E-state index is -0.232. The number of hydrogen-bond acceptors (Lipinski definition) is 6. The number of halogens is 1. The fourth-order valence-corrected chi connectivity index (χ4v) is 4.42. The van der Waals surface area contributed by atoms with Crippen molar-refractivity contribution in [2.75, 3.05) is 6.54 Å². The van der Waals surface area contributed by atoms with Crippen LogP contribution in [0.1, 0.15) is 18.2 Å². The number of rotatable bonds is 3. The van der Waals surface area contributed by atoms with Crippen molar-refractivity contribution < 1.29 is 4.79 Å². The van der Waals surface area contributed by atoms with Gasteiger partial charge < -0.3 is 4.72 Å². The van der Waals surface area contributed by atoms with Gasteiger partial charge in [-0.25, -0.2) is 5.01 Å². The van der Waals surface area contributed by atoms with Crippen LogP contribution < -0.4 is 4.72 Å². The molecule has 0 bridgehead atoms. The van der Waals surface area contributed by atoms with E-state index in [2.05, 4.69) is 9.82 Å². The van der Waals surface area contributed by atoms with Gasteiger partial charge >= 0.3 is 0 Å². The van der Waals surface area contributed by atoms with Gasteiger partial charge in [-0.05, 0) is 36.8 Å². The summed E-state index contributed by atoms with van der Waals surface area (Å²) in [5.74, 6) is -0.207. The maximum atomic E-state index is 12.8. The van der Waals surface area contributed by atoms with Gasteiger partial charge in [0.1, 0.15) is 0 Å². The van der Waals surface area contributed by atoms with Crippen LogP contribution in [-0.4, -0.2) is 27.5 Å². The Kier molecular flexibility index (Phi) is 4.15. The molecule has 3 aliphatic rings. The Labute approximate surface area is 153 Å². The first-order valence-corrected chi connectivity index (χ1v) is 9.55. The zero-order valence-corrected chi connectivity index (χ0v) is 15.3. The minimum Gasteiger partial charge on any atom is -0.316 e. The molecule has 0 radical (unpaired) electrons. The van der Waals surface area contributed by atoms with Crippen LogP contribution in [0.15, 0.2) is 53.1 Å². The summed E-state index contributed by atoms with van der Waals surface area (Å²) in [7, 11) is 0. The van der Waals surface area contributed by atoms with Crippen molar-refractivity contribution in [3.63, 3.8) is 0 Å². The first-order chi connectivity index (χ1) is 11.6. The summed E-state index contributed by atoms with van der Waals surface area (Å²) in [6.07, 6.45) is 8.69. The molecular formula is C16H15ClN4OS2. The van der Waals surface area contributed by atoms with E-state index in [0.717, 1.165) is 32.6 Å². The number of carbonyl (C=O) groups excluding carboxylic acids is 1. The lowest BCUT2D eigenvalue weighted by Gasteiger charge is -2.22. The van der Waals surface area contributed by atoms with Crippen molar-refractivity contribution >= 4 is 46.7 Å². The Hall–Kier alpha value is -1.70. The van der Waals surface area contributed by atoms with Crippen molar-refractivity contribution in [2.24, 2.45) is 11.0 Å². The second-order valence-corrected chi connectivity index (χ2v) is 8.17. The second-order valence-electron chi connectivity index (χ2n) is 5.65. The summed E-state index contributed by atoms with van der Waals surface area (Å²) in [5.41, 5.74) is 2.98. The van der Waals surface area contributed by atoms with Gasteiger partial charge in [0.15, 0.2) is 0 Å². The number of thiophene rings is 1. The number of carbonyl (C=O) groups is 1. The Bertz CT molecular complexity index is 811. The van der Waals surface area contributed by atoms with E-state index >= 15 is 0 Å². The molecule has 1 aromatic heterocycles. The molecule has 0 saturated carbocycles. The number of nitrogens with one attached hydrogen (secondary N) is 1. The molecule has 1 amide bonds. The summed E-state index contributed by atoms with van der Waals surface area (Å²) < 4.78 is 5.85. The van der Waals surface area contributed by atoms with Gasteiger partial charge in [0.2, 0.25) is 5.91 Å². The normalized spacial score (nSPS) is 20.3. The number of hydrazone groups is 1. The molecule has 1 unspecified atom stereocenters. The lowest BCUT2D eigenvalue weighted by molar-refractivity contribution is -0.133. The van der Waals surface area contributed by atoms with Crippen molar-refractivity contribution in [3.05, 3.63) is 57.2 Å². The van der Waals surface area contributed by atoms with Gasteiger partial charge in [-0.15, -0.1) is 11.3 Å². The molecule has 0 fully saturated rings. The molecule has 8 heteroatoms. The van der Waals surface area contributed by atoms with E-state index in [9.17, 15) is 4.79 Å². The van der Waals surface area contributed by atoms with Gasteiger partial charge in [0, 0.05) is 18.8 Å². The molecule has 5 nitrogen and oxygen atoms in total. The van der Waals surface area contributed by atoms with Crippen LogP contribution in [0, 0.1) is 5.92 Å². The fourth-order valence-electron chi connectivity index (χ4n) is 2.75. The van der Waals surface area contributed by atoms with E-state index < -0.39 is 0 Å². The molecule has 124 valence electrons. The Morgan fingerprint density at radius 1 is 1.46 bits per heavy atom. The van der Waals surface area contributed by atoms with Gasteiger partial charge in [0.05, 0.1) is 45.2 Å². The molecule has 4 rings (SSSR count). The third kappa shape index (κ3) is 2.87. The fraction of sp³-hybridized carbons (Fsp3) is 0.250. The van der Waals surface area contributed by atoms with Gasteiger partial charge in [-0.3, -0.25) is 9.10 Å². The lowest BCUT2D eigenvalue weighted by atomic mass is 9.97. The zero-order valence-electron chi connectivity index (χ0n) is 12.9. The SMILES string of the molecule is CC(C(=O)N1CCC(c2ccc(Cl)s2)=N1)C1=CC2=CNSN2C=C1. The van der Waals surface area contributed by atoms with E-state index in [4.69, 9.17) is 11.6 Å². The van der Waals surface area contributed by atoms with E-state index in [1.165, 1.54) is 23.5 Å². The van der Waals surface area contributed by atoms with E-state index in [1.54, 1.807) is 5.01 Å². The number of hydrogen-bond donors (Lipinski definition) is 1. The predicted octanol–water partition coefficient (Wildman–Crippen LogP) is 3.74. The van der Waals surface area contributed by atoms with E-state index in [0.29, 0.717) is 6.54 Å². The van der Waals surface area contributed by atoms with Crippen LogP contribution in [0.25, 0.3) is 0 Å². The highest BCUT2D eigenvalue weighted by Gasteiger charge is 2.29. The summed E-state index contributed by atoms with van der Waals surface area (Å²) in [6.45, 7) is 2.55. The lowest BCUT2D eigenvalue weighted by Crippen LogP contribution is -2.30. The van der Waals surface area contributed by atoms with Crippen molar-refractivity contribution in [3.8, 4) is 0 Å². The van der Waals surface area contributed by atoms with Crippen molar-refractivity contribution in [1.82, 2.24) is 14.0 Å². The summed E-state index contributed by atoms with van der Waals surface area (Å²) in [4.78, 5) is 13.8. The van der Waals surface area contributed by atoms with Crippen LogP contribution in [0.3, 0.4) is 0 Å². The van der Waals surface area contributed by atoms with Crippen LogP contribution in [0.4, 0.5) is 0 Å². The van der Waals surface area contributed by atoms with E-state index in [-0.39, 0.29) is 11.8 Å². The van der Waals surface area contributed by atoms with Gasteiger partial charge in [-0.2, -0.15) is 5.10 Å². The van der Waals surface area contributed by atoms with Crippen LogP contribution in [-0.2, 0) is 4.79 Å². The molecular weight excluding hydrogens is 364 g/mol. The van der Waals surface area contributed by atoms with Crippen molar-refractivity contribution in [1.29, 1.82) is 0 Å². The maximum Gasteiger partial charge on any atom is 0.249 e. The Balaban J connectivity index is 1.50. The molecule has 0 spiro atoms. The minimum absolute atomic E-state index is 0.0243. The summed E-state index contributed by atoms with van der Waals surface area (Å²) in [5, 5.41) is 6.10. The zero-order chi connectivity index (χ0) is 16.7. The number of nitrogens with zero attached hydrogens (tertiary/aromatic N) is 3. The largest absolute Gasteiger partial charge is 0.316 e. The predicted molar refractivity (Wildman–Crippen MR) is 99.2 cm³/mol. The average molecular weight is 379 g/mol. The molecule has 0 saturated heterocycles. The topological polar surface area (TPSA) is 47.9 Å². The second kappa shape index (κ2) is 6.31. The molecule has 1 aromatic rings. The number of allylic oxidation sites excluding steroid dienone is 2. The third-order valence-corrected chi connectivity index (χ3v) is 6.15. The van der Waals surface area contributed by atoms with Crippen LogP contribution >= 0.6 is 35.1 Å². The monoisotopic (exact) mass is 378 g/mol. The molecule has 0 aromatic carbocycles. The molecule has 1 atom stereocenters. The van der Waals surface area contributed by atoms with Crippen LogP contribution in [0.5, 0.6) is 0 Å². The average Bonchev–Trinajstić information content (AvgIpc) is 3.32. The number of fused-ring (bicyclic) bond motifs is 1. The highest BCUT2D eigenvalue weighted by atomic mass is 35.5. The van der Waals surface area contributed by atoms with Crippen molar-refractivity contribution in [2.45, 2.75) is 13.3 Å². The summed E-state index contributed by atoms with van der Waals surface area (Å²) >= 11 is 8.99. The Morgan fingerprint density at radius 3 is 3.12 bits per heavy atom. The quantitative estimate of drug-likeness (QED) is 0.814. The molecule has 24 heavy (non-hydrogen) atoms. The smallest absolute Gasteiger partial charge is 0.249 e. The highest BCUT2D eigenvalue weighted by molar-refractivity contribution is 7.95. The molecule has 3 aliphatic heterocycles. The molecule has 1 N–H and O–H groups in total. The summed E-state index contributed by atoms with van der Waals surface area (Å²) in [6, 6.07) is 3.82. The first kappa shape index (κ1) is 15.8. The Morgan fingerprint density at radius 2 is 2.33 bits per heavy atom. The third-order valence-electron chi connectivity index (χ3n) is 4.11. The van der Waals surface area contributed by atoms with Crippen LogP contribution in [0.2, 0.25) is 4.34 Å². The van der Waals surface area contributed by atoms with Gasteiger partial charge in [-0.1, -0.05) is 11.6 Å². The molecule has 4 heterocycles. The first-order valence-electron chi connectivity index (χ1n) is 7.58. The number of amides is 1. The molecule has 0 aliphatic carbocycles.